The summed E-state index contributed by atoms with van der Waals surface area (Å²) in [5.41, 5.74) is -1.37. The van der Waals surface area contributed by atoms with E-state index in [0.29, 0.717) is 6.07 Å². The number of halogens is 4. The van der Waals surface area contributed by atoms with Gasteiger partial charge in [-0.25, -0.2) is 9.78 Å². The predicted molar refractivity (Wildman–Crippen MR) is 63.5 cm³/mol. The molecule has 0 bridgehead atoms. The van der Waals surface area contributed by atoms with Crippen molar-refractivity contribution in [2.75, 3.05) is 5.32 Å². The molecule has 3 N–H and O–H groups in total. The number of carbonyl (C=O) groups excluding carboxylic acids is 1. The van der Waals surface area contributed by atoms with Crippen LogP contribution < -0.4 is 10.6 Å². The first kappa shape index (κ1) is 16.0. The quantitative estimate of drug-likeness (QED) is 0.799. The molecule has 0 aromatic carbocycles. The van der Waals surface area contributed by atoms with Gasteiger partial charge >= 0.3 is 18.2 Å². The lowest BCUT2D eigenvalue weighted by atomic mass is 10.3. The third kappa shape index (κ3) is 4.26. The van der Waals surface area contributed by atoms with Crippen LogP contribution >= 0.6 is 11.6 Å². The van der Waals surface area contributed by atoms with E-state index in [-0.39, 0.29) is 10.7 Å². The minimum atomic E-state index is -4.65. The molecular weight excluding hydrogens is 303 g/mol. The topological polar surface area (TPSA) is 91.3 Å². The summed E-state index contributed by atoms with van der Waals surface area (Å²) < 4.78 is 37.0. The molecule has 0 radical (unpaired) electrons. The zero-order valence-corrected chi connectivity index (χ0v) is 10.7. The molecule has 110 valence electrons. The number of hydrogen-bond acceptors (Lipinski definition) is 3. The molecule has 0 spiro atoms. The van der Waals surface area contributed by atoms with Gasteiger partial charge in [0.25, 0.3) is 0 Å². The first-order chi connectivity index (χ1) is 9.11. The lowest BCUT2D eigenvalue weighted by Gasteiger charge is -2.12. The normalized spacial score (nSPS) is 12.7. The van der Waals surface area contributed by atoms with Crippen LogP contribution in [0.25, 0.3) is 0 Å². The summed E-state index contributed by atoms with van der Waals surface area (Å²) in [6, 6.07) is -1.54. The second kappa shape index (κ2) is 5.95. The lowest BCUT2D eigenvalue weighted by Crippen LogP contribution is -2.40. The molecule has 1 heterocycles. The monoisotopic (exact) mass is 311 g/mol. The number of hydrogen-bond donors (Lipinski definition) is 3. The van der Waals surface area contributed by atoms with Gasteiger partial charge in [0.2, 0.25) is 0 Å². The number of aromatic nitrogens is 1. The van der Waals surface area contributed by atoms with E-state index in [2.05, 4.69) is 10.3 Å². The van der Waals surface area contributed by atoms with Gasteiger partial charge in [0.15, 0.2) is 0 Å². The summed E-state index contributed by atoms with van der Waals surface area (Å²) in [7, 11) is 0. The number of rotatable bonds is 3. The number of aliphatic carboxylic acids is 1. The van der Waals surface area contributed by atoms with E-state index in [1.54, 1.807) is 0 Å². The molecule has 0 saturated heterocycles. The molecule has 20 heavy (non-hydrogen) atoms. The van der Waals surface area contributed by atoms with Crippen LogP contribution in [-0.4, -0.2) is 28.1 Å². The molecule has 2 amide bonds. The molecule has 0 saturated carbocycles. The fourth-order valence-corrected chi connectivity index (χ4v) is 1.29. The average molecular weight is 312 g/mol. The number of amides is 2. The van der Waals surface area contributed by atoms with Crippen LogP contribution in [0.3, 0.4) is 0 Å². The van der Waals surface area contributed by atoms with Gasteiger partial charge in [-0.1, -0.05) is 11.6 Å². The second-order valence-corrected chi connectivity index (χ2v) is 4.11. The minimum Gasteiger partial charge on any atom is -0.480 e. The van der Waals surface area contributed by atoms with Crippen molar-refractivity contribution in [3.05, 3.63) is 23.0 Å². The maximum absolute atomic E-state index is 12.3. The molecule has 6 nitrogen and oxygen atoms in total. The van der Waals surface area contributed by atoms with Gasteiger partial charge < -0.3 is 15.7 Å². The molecule has 1 rings (SSSR count). The average Bonchev–Trinajstić information content (AvgIpc) is 2.30. The first-order valence-electron chi connectivity index (χ1n) is 5.14. The smallest absolute Gasteiger partial charge is 0.433 e. The van der Waals surface area contributed by atoms with Crippen LogP contribution in [0.15, 0.2) is 12.3 Å². The zero-order chi connectivity index (χ0) is 15.5. The molecule has 1 aromatic heterocycles. The minimum absolute atomic E-state index is 0.172. The van der Waals surface area contributed by atoms with E-state index in [1.807, 2.05) is 5.32 Å². The van der Waals surface area contributed by atoms with Crippen molar-refractivity contribution in [3.8, 4) is 0 Å². The standard InChI is InChI=1S/C10H9ClF3N3O3/c1-4(8(18)19)16-9(20)17-6-3-15-7(2-5(6)11)10(12,13)14/h2-4H,1H3,(H,18,19)(H2,16,17,20). The van der Waals surface area contributed by atoms with Crippen LogP contribution in [0.4, 0.5) is 23.7 Å². The molecule has 1 unspecified atom stereocenters. The van der Waals surface area contributed by atoms with E-state index < -0.39 is 29.9 Å². The Morgan fingerprint density at radius 2 is 2.05 bits per heavy atom. The number of alkyl halides is 3. The van der Waals surface area contributed by atoms with Gasteiger partial charge in [0.1, 0.15) is 11.7 Å². The SMILES string of the molecule is CC(NC(=O)Nc1cnc(C(F)(F)F)cc1Cl)C(=O)O. The Kier molecular flexibility index (Phi) is 4.77. The van der Waals surface area contributed by atoms with Crippen molar-refractivity contribution >= 4 is 29.3 Å². The van der Waals surface area contributed by atoms with Crippen molar-refractivity contribution in [1.29, 1.82) is 0 Å². The van der Waals surface area contributed by atoms with Crippen LogP contribution in [0.2, 0.25) is 5.02 Å². The Morgan fingerprint density at radius 3 is 2.50 bits per heavy atom. The molecule has 1 aromatic rings. The van der Waals surface area contributed by atoms with Gasteiger partial charge in [0, 0.05) is 0 Å². The van der Waals surface area contributed by atoms with E-state index in [4.69, 9.17) is 16.7 Å². The lowest BCUT2D eigenvalue weighted by molar-refractivity contribution is -0.141. The van der Waals surface area contributed by atoms with Gasteiger partial charge in [-0.3, -0.25) is 4.79 Å². The highest BCUT2D eigenvalue weighted by atomic mass is 35.5. The fourth-order valence-electron chi connectivity index (χ4n) is 1.09. The molecule has 0 fully saturated rings. The summed E-state index contributed by atoms with van der Waals surface area (Å²) in [5.74, 6) is -1.27. The highest BCUT2D eigenvalue weighted by molar-refractivity contribution is 6.33. The Bertz CT molecular complexity index is 536. The highest BCUT2D eigenvalue weighted by Gasteiger charge is 2.33. The number of urea groups is 1. The van der Waals surface area contributed by atoms with Crippen molar-refractivity contribution in [2.24, 2.45) is 0 Å². The molecule has 1 atom stereocenters. The number of carboxylic acid groups (broad SMARTS) is 1. The van der Waals surface area contributed by atoms with E-state index in [9.17, 15) is 22.8 Å². The first-order valence-corrected chi connectivity index (χ1v) is 5.52. The summed E-state index contributed by atoms with van der Waals surface area (Å²) in [6.45, 7) is 1.22. The largest absolute Gasteiger partial charge is 0.480 e. The van der Waals surface area contributed by atoms with E-state index >= 15 is 0 Å². The molecular formula is C10H9ClF3N3O3. The molecule has 0 aliphatic rings. The number of carboxylic acids is 1. The maximum Gasteiger partial charge on any atom is 0.433 e. The molecule has 0 aliphatic carbocycles. The van der Waals surface area contributed by atoms with Gasteiger partial charge in [-0.05, 0) is 13.0 Å². The Morgan fingerprint density at radius 1 is 1.45 bits per heavy atom. The predicted octanol–water partition coefficient (Wildman–Crippen LogP) is 2.35. The van der Waals surface area contributed by atoms with Gasteiger partial charge in [-0.15, -0.1) is 0 Å². The third-order valence-corrected chi connectivity index (χ3v) is 2.42. The van der Waals surface area contributed by atoms with Crippen molar-refractivity contribution < 1.29 is 27.9 Å². The molecule has 10 heteroatoms. The Labute approximate surface area is 115 Å². The number of anilines is 1. The number of nitrogens with zero attached hydrogens (tertiary/aromatic N) is 1. The number of nitrogens with one attached hydrogen (secondary N) is 2. The summed E-state index contributed by atoms with van der Waals surface area (Å²) in [5, 5.41) is 12.3. The van der Waals surface area contributed by atoms with Gasteiger partial charge in [0.05, 0.1) is 16.9 Å². The van der Waals surface area contributed by atoms with E-state index in [1.165, 1.54) is 6.92 Å². The van der Waals surface area contributed by atoms with Crippen LogP contribution in [0.1, 0.15) is 12.6 Å². The maximum atomic E-state index is 12.3. The second-order valence-electron chi connectivity index (χ2n) is 3.71. The van der Waals surface area contributed by atoms with Gasteiger partial charge in [-0.2, -0.15) is 13.2 Å². The summed E-state index contributed by atoms with van der Waals surface area (Å²) >= 11 is 5.58. The van der Waals surface area contributed by atoms with Crippen molar-refractivity contribution in [2.45, 2.75) is 19.1 Å². The number of pyridine rings is 1. The van der Waals surface area contributed by atoms with Crippen LogP contribution in [0.5, 0.6) is 0 Å². The molecule has 0 aliphatic heterocycles. The van der Waals surface area contributed by atoms with Crippen LogP contribution in [0, 0.1) is 0 Å². The van der Waals surface area contributed by atoms with E-state index in [0.717, 1.165) is 6.20 Å². The Balaban J connectivity index is 2.79. The van der Waals surface area contributed by atoms with Crippen LogP contribution in [-0.2, 0) is 11.0 Å². The highest BCUT2D eigenvalue weighted by Crippen LogP contribution is 2.31. The Hall–Kier alpha value is -2.03. The van der Waals surface area contributed by atoms with Crippen molar-refractivity contribution in [3.63, 3.8) is 0 Å². The van der Waals surface area contributed by atoms with Crippen molar-refractivity contribution in [1.82, 2.24) is 10.3 Å². The third-order valence-electron chi connectivity index (χ3n) is 2.11. The fraction of sp³-hybridized carbons (Fsp3) is 0.300. The zero-order valence-electron chi connectivity index (χ0n) is 9.95. The summed E-state index contributed by atoms with van der Waals surface area (Å²) in [6.07, 6.45) is -3.92. The summed E-state index contributed by atoms with van der Waals surface area (Å²) in [4.78, 5) is 25.0. The number of carbonyl (C=O) groups is 2.